The van der Waals surface area contributed by atoms with E-state index in [4.69, 9.17) is 16.6 Å². The maximum Gasteiger partial charge on any atom is 0.328 e. The number of urea groups is 1. The molecule has 28 heavy (non-hydrogen) atoms. The van der Waals surface area contributed by atoms with E-state index < -0.39 is 12.2 Å². The van der Waals surface area contributed by atoms with Crippen LogP contribution in [0, 0.1) is 5.92 Å². The van der Waals surface area contributed by atoms with Gasteiger partial charge in [0, 0.05) is 30.5 Å². The minimum atomic E-state index is -0.549. The van der Waals surface area contributed by atoms with Gasteiger partial charge in [-0.1, -0.05) is 43.6 Å². The van der Waals surface area contributed by atoms with E-state index in [1.54, 1.807) is 18.0 Å². The molecule has 7 nitrogen and oxygen atoms in total. The summed E-state index contributed by atoms with van der Waals surface area (Å²) in [5, 5.41) is 0.538. The third-order valence-electron chi connectivity index (χ3n) is 5.34. The number of fused-ring (bicyclic) bond motifs is 3. The Morgan fingerprint density at radius 1 is 1.18 bits per heavy atom. The number of carbonyl (C=O) groups excluding carboxylic acids is 2. The topological polar surface area (TPSA) is 59.5 Å². The number of carbonyl (C=O) groups is 2. The fraction of sp³-hybridized carbons (Fsp3) is 0.450. The number of imide groups is 1. The van der Waals surface area contributed by atoms with Crippen molar-refractivity contribution < 1.29 is 9.59 Å². The predicted molar refractivity (Wildman–Crippen MR) is 107 cm³/mol. The molecular weight excluding hydrogens is 378 g/mol. The summed E-state index contributed by atoms with van der Waals surface area (Å²) in [6, 6.07) is 6.36. The summed E-state index contributed by atoms with van der Waals surface area (Å²) in [5.41, 5.74) is 1.79. The molecule has 4 rings (SSSR count). The highest BCUT2D eigenvalue weighted by molar-refractivity contribution is 6.31. The van der Waals surface area contributed by atoms with E-state index in [0.717, 1.165) is 23.8 Å². The summed E-state index contributed by atoms with van der Waals surface area (Å²) in [6.45, 7) is 7.26. The molecule has 3 amide bonds. The third-order valence-corrected chi connectivity index (χ3v) is 5.71. The first-order valence-electron chi connectivity index (χ1n) is 9.43. The molecule has 1 saturated heterocycles. The zero-order valence-electron chi connectivity index (χ0n) is 16.5. The summed E-state index contributed by atoms with van der Waals surface area (Å²) < 4.78 is 0. The van der Waals surface area contributed by atoms with Gasteiger partial charge in [0.15, 0.2) is 12.2 Å². The van der Waals surface area contributed by atoms with Crippen LogP contribution in [0.25, 0.3) is 0 Å². The smallest absolute Gasteiger partial charge is 0.315 e. The molecule has 3 aliphatic rings. The number of hydrogen-bond donors (Lipinski definition) is 0. The molecule has 8 heteroatoms. The maximum atomic E-state index is 13.3. The molecule has 148 valence electrons. The van der Waals surface area contributed by atoms with E-state index in [2.05, 4.69) is 18.7 Å². The van der Waals surface area contributed by atoms with Crippen molar-refractivity contribution in [3.63, 3.8) is 0 Å². The summed E-state index contributed by atoms with van der Waals surface area (Å²) in [5.74, 6) is 0.941. The molecule has 0 saturated carbocycles. The van der Waals surface area contributed by atoms with Crippen LogP contribution in [0.2, 0.25) is 5.02 Å². The van der Waals surface area contributed by atoms with Crippen molar-refractivity contribution in [1.29, 1.82) is 0 Å². The lowest BCUT2D eigenvalue weighted by molar-refractivity contribution is -0.137. The molecule has 0 radical (unpaired) electrons. The fourth-order valence-corrected chi connectivity index (χ4v) is 4.13. The van der Waals surface area contributed by atoms with Gasteiger partial charge in [0.25, 0.3) is 5.91 Å². The second kappa shape index (κ2) is 6.81. The monoisotopic (exact) mass is 401 g/mol. The van der Waals surface area contributed by atoms with E-state index in [9.17, 15) is 9.59 Å². The zero-order valence-corrected chi connectivity index (χ0v) is 17.2. The Morgan fingerprint density at radius 2 is 1.89 bits per heavy atom. The molecule has 2 atom stereocenters. The second-order valence-corrected chi connectivity index (χ2v) is 8.29. The maximum absolute atomic E-state index is 13.3. The van der Waals surface area contributed by atoms with Crippen molar-refractivity contribution in [2.45, 2.75) is 39.5 Å². The van der Waals surface area contributed by atoms with Crippen LogP contribution in [0.1, 0.15) is 26.3 Å². The summed E-state index contributed by atoms with van der Waals surface area (Å²) in [4.78, 5) is 37.8. The van der Waals surface area contributed by atoms with E-state index in [0.29, 0.717) is 10.9 Å². The normalized spacial score (nSPS) is 24.1. The first-order chi connectivity index (χ1) is 13.3. The highest BCUT2D eigenvalue weighted by Gasteiger charge is 2.54. The van der Waals surface area contributed by atoms with Crippen LogP contribution in [-0.4, -0.2) is 63.3 Å². The van der Waals surface area contributed by atoms with Crippen LogP contribution in [0.4, 0.5) is 4.79 Å². The van der Waals surface area contributed by atoms with Gasteiger partial charge in [0.2, 0.25) is 5.96 Å². The Hall–Kier alpha value is -2.54. The Balaban J connectivity index is 1.64. The second-order valence-electron chi connectivity index (χ2n) is 7.88. The minimum absolute atomic E-state index is 0.145. The van der Waals surface area contributed by atoms with Gasteiger partial charge in [-0.25, -0.2) is 9.79 Å². The number of likely N-dealkylation sites (N-methyl/N-ethyl adjacent to an activating group) is 1. The predicted octanol–water partition coefficient (Wildman–Crippen LogP) is 2.93. The van der Waals surface area contributed by atoms with Gasteiger partial charge in [-0.2, -0.15) is 0 Å². The lowest BCUT2D eigenvalue weighted by Gasteiger charge is -2.40. The fourth-order valence-electron chi connectivity index (χ4n) is 3.94. The van der Waals surface area contributed by atoms with E-state index in [-0.39, 0.29) is 18.5 Å². The van der Waals surface area contributed by atoms with Crippen molar-refractivity contribution in [1.82, 2.24) is 19.6 Å². The Kier molecular flexibility index (Phi) is 4.57. The third kappa shape index (κ3) is 2.85. The van der Waals surface area contributed by atoms with Gasteiger partial charge in [0.1, 0.15) is 0 Å². The van der Waals surface area contributed by atoms with Crippen LogP contribution in [-0.2, 0) is 11.3 Å². The largest absolute Gasteiger partial charge is 0.328 e. The molecule has 0 N–H and O–H groups in total. The van der Waals surface area contributed by atoms with Gasteiger partial charge in [0.05, 0.1) is 6.54 Å². The molecule has 0 spiro atoms. The highest BCUT2D eigenvalue weighted by atomic mass is 35.5. The Morgan fingerprint density at radius 3 is 2.57 bits per heavy atom. The van der Waals surface area contributed by atoms with E-state index in [1.807, 2.05) is 36.2 Å². The van der Waals surface area contributed by atoms with E-state index >= 15 is 0 Å². The molecule has 1 aromatic rings. The number of aliphatic imine (C=N–C) groups is 1. The summed E-state index contributed by atoms with van der Waals surface area (Å²) in [7, 11) is 1.70. The van der Waals surface area contributed by atoms with Gasteiger partial charge >= 0.3 is 6.03 Å². The number of nitrogens with zero attached hydrogens (tertiary/aromatic N) is 5. The molecule has 1 fully saturated rings. The molecule has 1 aromatic carbocycles. The molecule has 3 heterocycles. The molecule has 0 aliphatic carbocycles. The molecule has 3 aliphatic heterocycles. The number of hydrogen-bond acceptors (Lipinski definition) is 5. The van der Waals surface area contributed by atoms with Crippen molar-refractivity contribution in [2.75, 3.05) is 13.6 Å². The molecular formula is C20H24ClN5O2. The summed E-state index contributed by atoms with van der Waals surface area (Å²) in [6.07, 6.45) is 1.44. The number of guanidine groups is 1. The Bertz CT molecular complexity index is 896. The Labute approximate surface area is 169 Å². The number of rotatable bonds is 4. The number of halogens is 1. The van der Waals surface area contributed by atoms with Crippen molar-refractivity contribution in [2.24, 2.45) is 10.9 Å². The number of allylic oxidation sites excluding steroid dienone is 1. The quantitative estimate of drug-likeness (QED) is 0.778. The molecule has 0 aromatic heterocycles. The van der Waals surface area contributed by atoms with Gasteiger partial charge < -0.3 is 14.7 Å². The van der Waals surface area contributed by atoms with Crippen molar-refractivity contribution in [3.8, 4) is 0 Å². The molecule has 2 unspecified atom stereocenters. The van der Waals surface area contributed by atoms with Gasteiger partial charge in [-0.15, -0.1) is 0 Å². The minimum Gasteiger partial charge on any atom is -0.315 e. The molecule has 0 bridgehead atoms. The standard InChI is InChI=1S/C20H24ClN5O2/c1-12(2)9-24-13(3)10-25-16-17(22-19(24)25)23(4)20(28)26(18(16)27)11-14-7-5-6-8-15(14)21/h5-8,10,12,16-17H,9,11H2,1-4H3. The summed E-state index contributed by atoms with van der Waals surface area (Å²) >= 11 is 6.25. The first kappa shape index (κ1) is 18.8. The average molecular weight is 402 g/mol. The van der Waals surface area contributed by atoms with Crippen LogP contribution in [0.15, 0.2) is 41.2 Å². The highest BCUT2D eigenvalue weighted by Crippen LogP contribution is 2.35. The van der Waals surface area contributed by atoms with Gasteiger partial charge in [-0.3, -0.25) is 9.69 Å². The first-order valence-corrected chi connectivity index (χ1v) is 9.81. The van der Waals surface area contributed by atoms with E-state index in [1.165, 1.54) is 4.90 Å². The lowest BCUT2D eigenvalue weighted by atomic mass is 10.1. The average Bonchev–Trinajstić information content (AvgIpc) is 3.14. The van der Waals surface area contributed by atoms with Crippen molar-refractivity contribution in [3.05, 3.63) is 46.7 Å². The van der Waals surface area contributed by atoms with Gasteiger partial charge in [-0.05, 0) is 24.5 Å². The number of amides is 3. The van der Waals surface area contributed by atoms with Crippen LogP contribution in [0.5, 0.6) is 0 Å². The number of benzene rings is 1. The van der Waals surface area contributed by atoms with Crippen LogP contribution in [0.3, 0.4) is 0 Å². The van der Waals surface area contributed by atoms with Crippen LogP contribution < -0.4 is 0 Å². The zero-order chi connectivity index (χ0) is 20.2. The van der Waals surface area contributed by atoms with Crippen LogP contribution >= 0.6 is 11.6 Å². The van der Waals surface area contributed by atoms with Crippen molar-refractivity contribution >= 4 is 29.5 Å². The SMILES string of the molecule is CC1=CN2C(=NC3C2C(=O)N(Cc2ccccc2Cl)C(=O)N3C)N1CC(C)C. The lowest BCUT2D eigenvalue weighted by Crippen LogP contribution is -2.63.